The second kappa shape index (κ2) is 3.53. The first kappa shape index (κ1) is 9.39. The number of nitrogen functional groups attached to an aromatic ring is 1. The van der Waals surface area contributed by atoms with Crippen LogP contribution in [0.1, 0.15) is 0 Å². The molecule has 0 aliphatic carbocycles. The topological polar surface area (TPSA) is 84.2 Å². The summed E-state index contributed by atoms with van der Waals surface area (Å²) in [5, 5.41) is 9.48. The molecule has 1 heterocycles. The van der Waals surface area contributed by atoms with Crippen molar-refractivity contribution in [1.82, 2.24) is 9.97 Å². The van der Waals surface area contributed by atoms with Crippen molar-refractivity contribution >= 4 is 5.69 Å². The van der Waals surface area contributed by atoms with Gasteiger partial charge >= 0.3 is 0 Å². The lowest BCUT2D eigenvalue weighted by Crippen LogP contribution is -1.93. The first-order valence-electron chi connectivity index (χ1n) is 4.38. The number of ether oxygens (including phenoxy) is 1. The number of hydrogen-bond donors (Lipinski definition) is 3. The van der Waals surface area contributed by atoms with E-state index in [-0.39, 0.29) is 5.75 Å². The molecule has 1 aromatic heterocycles. The van der Waals surface area contributed by atoms with Crippen LogP contribution < -0.4 is 10.5 Å². The molecule has 4 N–H and O–H groups in total. The summed E-state index contributed by atoms with van der Waals surface area (Å²) < 4.78 is 4.99. The number of nitrogens with two attached hydrogens (primary N) is 1. The van der Waals surface area contributed by atoms with Gasteiger partial charge in [0.05, 0.1) is 7.11 Å². The molecule has 0 spiro atoms. The summed E-state index contributed by atoms with van der Waals surface area (Å²) in [7, 11) is 1.48. The fraction of sp³-hybridized carbons (Fsp3) is 0.100. The van der Waals surface area contributed by atoms with Gasteiger partial charge in [-0.1, -0.05) is 0 Å². The molecular formula is C10H11N3O2. The highest BCUT2D eigenvalue weighted by atomic mass is 16.5. The van der Waals surface area contributed by atoms with Gasteiger partial charge in [-0.05, 0) is 6.07 Å². The van der Waals surface area contributed by atoms with Crippen molar-refractivity contribution in [3.8, 4) is 22.9 Å². The fourth-order valence-corrected chi connectivity index (χ4v) is 1.37. The van der Waals surface area contributed by atoms with E-state index in [1.807, 2.05) is 0 Å². The number of nitrogens with zero attached hydrogens (tertiary/aromatic N) is 1. The number of phenols is 1. The van der Waals surface area contributed by atoms with Crippen molar-refractivity contribution in [3.05, 3.63) is 24.5 Å². The Labute approximate surface area is 86.5 Å². The van der Waals surface area contributed by atoms with Gasteiger partial charge in [0.15, 0.2) is 11.5 Å². The maximum absolute atomic E-state index is 9.48. The van der Waals surface area contributed by atoms with Crippen molar-refractivity contribution in [2.45, 2.75) is 0 Å². The second-order valence-corrected chi connectivity index (χ2v) is 3.05. The van der Waals surface area contributed by atoms with Crippen LogP contribution in [-0.2, 0) is 0 Å². The number of anilines is 1. The number of nitrogens with one attached hydrogen (secondary N) is 1. The van der Waals surface area contributed by atoms with Crippen molar-refractivity contribution in [2.24, 2.45) is 0 Å². The first-order chi connectivity index (χ1) is 7.22. The molecule has 0 atom stereocenters. The summed E-state index contributed by atoms with van der Waals surface area (Å²) in [6.07, 6.45) is 3.34. The summed E-state index contributed by atoms with van der Waals surface area (Å²) in [5.41, 5.74) is 6.91. The zero-order valence-electron chi connectivity index (χ0n) is 8.19. The van der Waals surface area contributed by atoms with Crippen LogP contribution in [0.4, 0.5) is 5.69 Å². The number of phenolic OH excluding ortho intramolecular Hbond substituents is 1. The van der Waals surface area contributed by atoms with Crippen molar-refractivity contribution < 1.29 is 9.84 Å². The SMILES string of the molecule is COc1cc(-c2ncc[nH]2)c(N)cc1O. The predicted molar refractivity (Wildman–Crippen MR) is 56.7 cm³/mol. The van der Waals surface area contributed by atoms with Gasteiger partial charge in [0.2, 0.25) is 0 Å². The Morgan fingerprint density at radius 1 is 1.47 bits per heavy atom. The van der Waals surface area contributed by atoms with Crippen LogP contribution in [0.25, 0.3) is 11.4 Å². The molecule has 0 saturated heterocycles. The quantitative estimate of drug-likeness (QED) is 0.646. The molecule has 0 amide bonds. The minimum absolute atomic E-state index is 0.0188. The molecule has 15 heavy (non-hydrogen) atoms. The smallest absolute Gasteiger partial charge is 0.161 e. The third kappa shape index (κ3) is 1.59. The number of H-pyrrole nitrogens is 1. The molecule has 0 radical (unpaired) electrons. The van der Waals surface area contributed by atoms with Crippen LogP contribution in [-0.4, -0.2) is 22.2 Å². The second-order valence-electron chi connectivity index (χ2n) is 3.05. The van der Waals surface area contributed by atoms with E-state index < -0.39 is 0 Å². The summed E-state index contributed by atoms with van der Waals surface area (Å²) in [4.78, 5) is 7.02. The highest BCUT2D eigenvalue weighted by molar-refractivity contribution is 5.75. The molecule has 1 aromatic carbocycles. The molecule has 5 nitrogen and oxygen atoms in total. The Hall–Kier alpha value is -2.17. The average Bonchev–Trinajstić information content (AvgIpc) is 2.71. The standard InChI is InChI=1S/C10H11N3O2/c1-15-9-4-6(7(11)5-8(9)14)10-12-2-3-13-10/h2-5,14H,11H2,1H3,(H,12,13). The van der Waals surface area contributed by atoms with Crippen LogP contribution in [0.15, 0.2) is 24.5 Å². The number of benzene rings is 1. The van der Waals surface area contributed by atoms with Gasteiger partial charge in [0, 0.05) is 29.7 Å². The van der Waals surface area contributed by atoms with Crippen molar-refractivity contribution in [1.29, 1.82) is 0 Å². The Balaban J connectivity index is 2.57. The number of hydrogen-bond acceptors (Lipinski definition) is 4. The van der Waals surface area contributed by atoms with Gasteiger partial charge in [-0.15, -0.1) is 0 Å². The largest absolute Gasteiger partial charge is 0.504 e. The monoisotopic (exact) mass is 205 g/mol. The zero-order chi connectivity index (χ0) is 10.8. The number of aromatic nitrogens is 2. The summed E-state index contributed by atoms with van der Waals surface area (Å²) in [6, 6.07) is 3.08. The molecule has 0 saturated carbocycles. The van der Waals surface area contributed by atoms with Gasteiger partial charge in [-0.3, -0.25) is 0 Å². The lowest BCUT2D eigenvalue weighted by Gasteiger charge is -2.08. The molecule has 2 aromatic rings. The predicted octanol–water partition coefficient (Wildman–Crippen LogP) is 1.37. The third-order valence-corrected chi connectivity index (χ3v) is 2.10. The molecule has 0 unspecified atom stereocenters. The molecule has 0 fully saturated rings. The van der Waals surface area contributed by atoms with E-state index in [0.717, 1.165) is 0 Å². The van der Waals surface area contributed by atoms with E-state index in [9.17, 15) is 5.11 Å². The van der Waals surface area contributed by atoms with Gasteiger partial charge in [-0.25, -0.2) is 4.98 Å². The Morgan fingerprint density at radius 2 is 2.27 bits per heavy atom. The number of aromatic hydroxyl groups is 1. The first-order valence-corrected chi connectivity index (χ1v) is 4.38. The maximum atomic E-state index is 9.48. The van der Waals surface area contributed by atoms with E-state index in [1.54, 1.807) is 18.5 Å². The van der Waals surface area contributed by atoms with E-state index >= 15 is 0 Å². The molecule has 0 bridgehead atoms. The van der Waals surface area contributed by atoms with Crippen LogP contribution in [0.3, 0.4) is 0 Å². The van der Waals surface area contributed by atoms with Gasteiger partial charge in [0.25, 0.3) is 0 Å². The molecule has 78 valence electrons. The third-order valence-electron chi connectivity index (χ3n) is 2.10. The normalized spacial score (nSPS) is 10.2. The van der Waals surface area contributed by atoms with Gasteiger partial charge in [0.1, 0.15) is 5.82 Å². The van der Waals surface area contributed by atoms with Crippen LogP contribution >= 0.6 is 0 Å². The Morgan fingerprint density at radius 3 is 2.87 bits per heavy atom. The minimum atomic E-state index is 0.0188. The van der Waals surface area contributed by atoms with Crippen molar-refractivity contribution in [2.75, 3.05) is 12.8 Å². The average molecular weight is 205 g/mol. The maximum Gasteiger partial charge on any atom is 0.161 e. The summed E-state index contributed by atoms with van der Waals surface area (Å²) in [5.74, 6) is 1.03. The van der Waals surface area contributed by atoms with Crippen LogP contribution in [0.2, 0.25) is 0 Å². The zero-order valence-corrected chi connectivity index (χ0v) is 8.19. The van der Waals surface area contributed by atoms with Crippen molar-refractivity contribution in [3.63, 3.8) is 0 Å². The number of aromatic amines is 1. The van der Waals surface area contributed by atoms with E-state index in [0.29, 0.717) is 22.8 Å². The van der Waals surface area contributed by atoms with E-state index in [1.165, 1.54) is 13.2 Å². The number of rotatable bonds is 2. The molecule has 0 aliphatic rings. The lowest BCUT2D eigenvalue weighted by molar-refractivity contribution is 0.374. The number of imidazole rings is 1. The van der Waals surface area contributed by atoms with Crippen LogP contribution in [0.5, 0.6) is 11.5 Å². The highest BCUT2D eigenvalue weighted by Gasteiger charge is 2.10. The molecular weight excluding hydrogens is 194 g/mol. The van der Waals surface area contributed by atoms with E-state index in [4.69, 9.17) is 10.5 Å². The molecule has 5 heteroatoms. The van der Waals surface area contributed by atoms with Crippen LogP contribution in [0, 0.1) is 0 Å². The summed E-state index contributed by atoms with van der Waals surface area (Å²) in [6.45, 7) is 0. The number of methoxy groups -OCH3 is 1. The fourth-order valence-electron chi connectivity index (χ4n) is 1.37. The van der Waals surface area contributed by atoms with E-state index in [2.05, 4.69) is 9.97 Å². The van der Waals surface area contributed by atoms with Gasteiger partial charge < -0.3 is 20.6 Å². The summed E-state index contributed by atoms with van der Waals surface area (Å²) >= 11 is 0. The Bertz CT molecular complexity index is 466. The molecule has 2 rings (SSSR count). The minimum Gasteiger partial charge on any atom is -0.504 e. The highest BCUT2D eigenvalue weighted by Crippen LogP contribution is 2.34. The lowest BCUT2D eigenvalue weighted by atomic mass is 10.1. The van der Waals surface area contributed by atoms with Gasteiger partial charge in [-0.2, -0.15) is 0 Å². The Kier molecular flexibility index (Phi) is 2.21. The molecule has 0 aliphatic heterocycles.